The molecule has 4 rings (SSSR count). The number of anilines is 2. The molecule has 11 heteroatoms. The number of ether oxygens (including phenoxy) is 1. The first kappa shape index (κ1) is 22.7. The minimum Gasteiger partial charge on any atom is -0.442 e. The van der Waals surface area contributed by atoms with Crippen LogP contribution in [0, 0.1) is 11.7 Å². The molecule has 8 nitrogen and oxygen atoms in total. The van der Waals surface area contributed by atoms with E-state index in [1.54, 1.807) is 12.1 Å². The van der Waals surface area contributed by atoms with Crippen molar-refractivity contribution in [3.63, 3.8) is 0 Å². The number of amides is 2. The number of hydrogen-bond donors (Lipinski definition) is 1. The van der Waals surface area contributed by atoms with Gasteiger partial charge in [-0.2, -0.15) is 8.78 Å². The fraction of sp³-hybridized carbons (Fsp3) is 0.619. The van der Waals surface area contributed by atoms with Crippen LogP contribution in [0.25, 0.3) is 0 Å². The van der Waals surface area contributed by atoms with Crippen molar-refractivity contribution in [1.82, 2.24) is 15.3 Å². The number of likely N-dealkylation sites (N-methyl/N-ethyl adjacent to an activating group) is 1. The van der Waals surface area contributed by atoms with Crippen molar-refractivity contribution in [1.29, 1.82) is 0 Å². The standard InChI is InChI=1S/C21H28F3N5O3/c1-26-6-7-27(8-9-28(26)12-14-2-3-14)18-5-4-15(10-17(18)22)29-13-16(32-21(29)31)11-25-20(30)19(23)24/h4-5,10,14,16,19H,2-3,6-9,11-13H2,1H3,(H,25,30)/t16-/m0/s1. The average molecular weight is 455 g/mol. The molecule has 2 heterocycles. The lowest BCUT2D eigenvalue weighted by atomic mass is 10.2. The van der Waals surface area contributed by atoms with Crippen LogP contribution >= 0.6 is 0 Å². The van der Waals surface area contributed by atoms with Gasteiger partial charge in [0, 0.05) is 39.8 Å². The van der Waals surface area contributed by atoms with Crippen molar-refractivity contribution < 1.29 is 27.5 Å². The largest absolute Gasteiger partial charge is 0.442 e. The van der Waals surface area contributed by atoms with Gasteiger partial charge in [0.15, 0.2) is 0 Å². The quantitative estimate of drug-likeness (QED) is 0.678. The molecule has 1 aromatic rings. The van der Waals surface area contributed by atoms with Crippen LogP contribution in [0.4, 0.5) is 29.3 Å². The van der Waals surface area contributed by atoms with Crippen LogP contribution in [0.5, 0.6) is 0 Å². The van der Waals surface area contributed by atoms with E-state index in [9.17, 15) is 18.4 Å². The normalized spacial score (nSPS) is 22.9. The summed E-state index contributed by atoms with van der Waals surface area (Å²) in [4.78, 5) is 26.4. The van der Waals surface area contributed by atoms with Gasteiger partial charge >= 0.3 is 12.5 Å². The third kappa shape index (κ3) is 5.26. The van der Waals surface area contributed by atoms with Gasteiger partial charge < -0.3 is 15.0 Å². The van der Waals surface area contributed by atoms with Gasteiger partial charge in [-0.1, -0.05) is 0 Å². The van der Waals surface area contributed by atoms with Gasteiger partial charge in [0.2, 0.25) is 0 Å². The molecular weight excluding hydrogens is 427 g/mol. The van der Waals surface area contributed by atoms with Crippen LogP contribution in [0.3, 0.4) is 0 Å². The fourth-order valence-electron chi connectivity index (χ4n) is 4.05. The number of hydrazine groups is 1. The van der Waals surface area contributed by atoms with Crippen molar-refractivity contribution in [2.75, 3.05) is 62.7 Å². The van der Waals surface area contributed by atoms with Crippen molar-refractivity contribution in [3.05, 3.63) is 24.0 Å². The van der Waals surface area contributed by atoms with E-state index in [1.165, 1.54) is 23.8 Å². The second-order valence-electron chi connectivity index (χ2n) is 8.52. The third-order valence-electron chi connectivity index (χ3n) is 6.13. The maximum absolute atomic E-state index is 15.0. The molecule has 0 aromatic heterocycles. The van der Waals surface area contributed by atoms with Crippen LogP contribution in [-0.2, 0) is 9.53 Å². The van der Waals surface area contributed by atoms with Gasteiger partial charge in [0.1, 0.15) is 11.9 Å². The van der Waals surface area contributed by atoms with E-state index < -0.39 is 30.3 Å². The van der Waals surface area contributed by atoms with E-state index in [1.807, 2.05) is 10.2 Å². The molecular formula is C21H28F3N5O3. The highest BCUT2D eigenvalue weighted by Crippen LogP contribution is 2.31. The Morgan fingerprint density at radius 2 is 1.97 bits per heavy atom. The SMILES string of the molecule is CN1CCN(c2ccc(N3C[C@H](CNC(=O)C(F)F)OC3=O)cc2F)CCN1CC1CC1. The summed E-state index contributed by atoms with van der Waals surface area (Å²) in [6.45, 7) is 3.84. The second kappa shape index (κ2) is 9.53. The van der Waals surface area contributed by atoms with Crippen molar-refractivity contribution in [3.8, 4) is 0 Å². The molecule has 0 radical (unpaired) electrons. The summed E-state index contributed by atoms with van der Waals surface area (Å²) in [5.74, 6) is -1.09. The zero-order chi connectivity index (χ0) is 22.8. The summed E-state index contributed by atoms with van der Waals surface area (Å²) in [6, 6.07) is 4.59. The minimum atomic E-state index is -3.13. The first-order valence-corrected chi connectivity index (χ1v) is 10.9. The summed E-state index contributed by atoms with van der Waals surface area (Å²) in [5.41, 5.74) is 0.796. The first-order chi connectivity index (χ1) is 15.3. The lowest BCUT2D eigenvalue weighted by Gasteiger charge is -2.29. The molecule has 2 saturated heterocycles. The van der Waals surface area contributed by atoms with Crippen LogP contribution in [0.2, 0.25) is 0 Å². The summed E-state index contributed by atoms with van der Waals surface area (Å²) in [7, 11) is 2.06. The lowest BCUT2D eigenvalue weighted by molar-refractivity contribution is -0.132. The summed E-state index contributed by atoms with van der Waals surface area (Å²) in [5, 5.41) is 6.56. The fourth-order valence-corrected chi connectivity index (χ4v) is 4.05. The zero-order valence-electron chi connectivity index (χ0n) is 18.0. The van der Waals surface area contributed by atoms with E-state index in [0.29, 0.717) is 24.5 Å². The van der Waals surface area contributed by atoms with Gasteiger partial charge in [-0.3, -0.25) is 9.69 Å². The van der Waals surface area contributed by atoms with Gasteiger partial charge in [-0.25, -0.2) is 19.2 Å². The highest BCUT2D eigenvalue weighted by atomic mass is 19.3. The van der Waals surface area contributed by atoms with E-state index >= 15 is 4.39 Å². The van der Waals surface area contributed by atoms with E-state index in [4.69, 9.17) is 4.74 Å². The summed E-state index contributed by atoms with van der Waals surface area (Å²) >= 11 is 0. The number of benzene rings is 1. The molecule has 2 aliphatic heterocycles. The van der Waals surface area contributed by atoms with Gasteiger partial charge in [0.05, 0.1) is 24.5 Å². The number of carbonyl (C=O) groups excluding carboxylic acids is 2. The zero-order valence-corrected chi connectivity index (χ0v) is 18.0. The molecule has 1 aliphatic carbocycles. The number of carbonyl (C=O) groups is 2. The van der Waals surface area contributed by atoms with E-state index in [0.717, 1.165) is 25.6 Å². The highest BCUT2D eigenvalue weighted by Gasteiger charge is 2.34. The number of rotatable bonds is 7. The Balaban J connectivity index is 1.37. The van der Waals surface area contributed by atoms with Gasteiger partial charge in [-0.05, 0) is 37.0 Å². The number of halogens is 3. The van der Waals surface area contributed by atoms with Crippen LogP contribution in [0.15, 0.2) is 18.2 Å². The number of cyclic esters (lactones) is 1. The Labute approximate surface area is 184 Å². The molecule has 0 bridgehead atoms. The van der Waals surface area contributed by atoms with Crippen LogP contribution < -0.4 is 15.1 Å². The van der Waals surface area contributed by atoms with Crippen molar-refractivity contribution >= 4 is 23.4 Å². The van der Waals surface area contributed by atoms with Crippen molar-refractivity contribution in [2.45, 2.75) is 25.4 Å². The van der Waals surface area contributed by atoms with Crippen molar-refractivity contribution in [2.24, 2.45) is 5.92 Å². The van der Waals surface area contributed by atoms with Crippen LogP contribution in [-0.4, -0.2) is 87.4 Å². The topological polar surface area (TPSA) is 68.4 Å². The third-order valence-corrected chi connectivity index (χ3v) is 6.13. The maximum Gasteiger partial charge on any atom is 0.414 e. The number of nitrogens with one attached hydrogen (secondary N) is 1. The Bertz CT molecular complexity index is 854. The Morgan fingerprint density at radius 1 is 1.22 bits per heavy atom. The Kier molecular flexibility index (Phi) is 6.75. The molecule has 1 saturated carbocycles. The molecule has 2 amide bonds. The van der Waals surface area contributed by atoms with Gasteiger partial charge in [-0.15, -0.1) is 0 Å². The number of hydrogen-bond acceptors (Lipinski definition) is 6. The highest BCUT2D eigenvalue weighted by molar-refractivity contribution is 5.90. The average Bonchev–Trinajstić information content (AvgIpc) is 3.53. The molecule has 32 heavy (non-hydrogen) atoms. The number of nitrogens with zero attached hydrogens (tertiary/aromatic N) is 4. The van der Waals surface area contributed by atoms with Crippen LogP contribution in [0.1, 0.15) is 12.8 Å². The van der Waals surface area contributed by atoms with E-state index in [-0.39, 0.29) is 13.1 Å². The predicted octanol–water partition coefficient (Wildman–Crippen LogP) is 1.91. The molecule has 1 aromatic carbocycles. The Hall–Kier alpha value is -2.53. The molecule has 1 atom stereocenters. The molecule has 3 fully saturated rings. The first-order valence-electron chi connectivity index (χ1n) is 10.9. The Morgan fingerprint density at radius 3 is 2.66 bits per heavy atom. The van der Waals surface area contributed by atoms with Gasteiger partial charge in [0.25, 0.3) is 5.91 Å². The molecule has 176 valence electrons. The molecule has 1 N–H and O–H groups in total. The smallest absolute Gasteiger partial charge is 0.414 e. The van der Waals surface area contributed by atoms with E-state index in [2.05, 4.69) is 17.1 Å². The predicted molar refractivity (Wildman–Crippen MR) is 112 cm³/mol. The lowest BCUT2D eigenvalue weighted by Crippen LogP contribution is -2.41. The maximum atomic E-state index is 15.0. The summed E-state index contributed by atoms with van der Waals surface area (Å²) < 4.78 is 44.7. The number of alkyl halides is 2. The monoisotopic (exact) mass is 455 g/mol. The second-order valence-corrected chi connectivity index (χ2v) is 8.52. The molecule has 0 spiro atoms. The minimum absolute atomic E-state index is 0.0335. The molecule has 0 unspecified atom stereocenters. The molecule has 3 aliphatic rings. The summed E-state index contributed by atoms with van der Waals surface area (Å²) in [6.07, 6.45) is -2.07.